The van der Waals surface area contributed by atoms with E-state index in [1.165, 1.54) is 0 Å². The molecule has 88 valence electrons. The van der Waals surface area contributed by atoms with Crippen molar-refractivity contribution in [2.75, 3.05) is 13.1 Å². The smallest absolute Gasteiger partial charge is 0.230 e. The second-order valence-electron chi connectivity index (χ2n) is 4.38. The van der Waals surface area contributed by atoms with Crippen LogP contribution in [-0.2, 0) is 11.3 Å². The third kappa shape index (κ3) is 2.66. The Morgan fingerprint density at radius 2 is 2.12 bits per heavy atom. The Hall–Kier alpha value is -1.23. The molecule has 16 heavy (non-hydrogen) atoms. The Kier molecular flexibility index (Phi) is 3.33. The molecule has 5 nitrogen and oxygen atoms in total. The summed E-state index contributed by atoms with van der Waals surface area (Å²) < 4.78 is 5.33. The van der Waals surface area contributed by atoms with Crippen LogP contribution in [0.3, 0.4) is 0 Å². The van der Waals surface area contributed by atoms with E-state index in [4.69, 9.17) is 4.42 Å². The topological polar surface area (TPSA) is 59.2 Å². The Morgan fingerprint density at radius 1 is 1.44 bits per heavy atom. The first-order valence-corrected chi connectivity index (χ1v) is 5.67. The summed E-state index contributed by atoms with van der Waals surface area (Å²) in [7, 11) is 0. The lowest BCUT2D eigenvalue weighted by Gasteiger charge is -2.29. The molecule has 0 radical (unpaired) electrons. The number of likely N-dealkylation sites (tertiary alicyclic amines) is 1. The van der Waals surface area contributed by atoms with Gasteiger partial charge in [-0.1, -0.05) is 0 Å². The Balaban J connectivity index is 1.83. The highest BCUT2D eigenvalue weighted by atomic mass is 16.4. The minimum absolute atomic E-state index is 0.251. The summed E-state index contributed by atoms with van der Waals surface area (Å²) in [5, 5.41) is 7.77. The van der Waals surface area contributed by atoms with E-state index in [1.807, 2.05) is 0 Å². The van der Waals surface area contributed by atoms with Gasteiger partial charge in [0, 0.05) is 12.8 Å². The van der Waals surface area contributed by atoms with Crippen LogP contribution >= 0.6 is 0 Å². The maximum absolute atomic E-state index is 11.2. The van der Waals surface area contributed by atoms with Gasteiger partial charge < -0.3 is 4.42 Å². The van der Waals surface area contributed by atoms with Gasteiger partial charge in [-0.05, 0) is 32.9 Å². The molecule has 0 spiro atoms. The van der Waals surface area contributed by atoms with Crippen molar-refractivity contribution in [1.82, 2.24) is 15.1 Å². The van der Waals surface area contributed by atoms with E-state index < -0.39 is 0 Å². The lowest BCUT2D eigenvalue weighted by atomic mass is 9.93. The molecule has 1 aromatic heterocycles. The highest BCUT2D eigenvalue weighted by molar-refractivity contribution is 5.78. The van der Waals surface area contributed by atoms with Crippen LogP contribution in [0.4, 0.5) is 0 Å². The molecule has 2 heterocycles. The highest BCUT2D eigenvalue weighted by Gasteiger charge is 2.23. The van der Waals surface area contributed by atoms with Crippen LogP contribution in [-0.4, -0.2) is 34.0 Å². The molecule has 0 N–H and O–H groups in total. The Labute approximate surface area is 94.8 Å². The average molecular weight is 223 g/mol. The van der Waals surface area contributed by atoms with Crippen molar-refractivity contribution in [3.05, 3.63) is 11.8 Å². The molecule has 2 rings (SSSR count). The number of Topliss-reactive ketones (excluding diaryl/α,β-unsaturated/α-hetero) is 1. The summed E-state index contributed by atoms with van der Waals surface area (Å²) in [4.78, 5) is 13.5. The van der Waals surface area contributed by atoms with E-state index in [1.54, 1.807) is 13.8 Å². The minimum atomic E-state index is 0.251. The molecule has 1 aromatic rings. The summed E-state index contributed by atoms with van der Waals surface area (Å²) in [6, 6.07) is 0. The van der Waals surface area contributed by atoms with Gasteiger partial charge in [0.05, 0.1) is 6.54 Å². The number of nitrogens with zero attached hydrogens (tertiary/aromatic N) is 3. The number of aryl methyl sites for hydroxylation is 1. The molecule has 0 atom stereocenters. The van der Waals surface area contributed by atoms with E-state index in [0.717, 1.165) is 25.9 Å². The zero-order valence-electron chi connectivity index (χ0n) is 9.77. The predicted octanol–water partition coefficient (Wildman–Crippen LogP) is 1.18. The summed E-state index contributed by atoms with van der Waals surface area (Å²) in [6.07, 6.45) is 1.89. The Bertz CT molecular complexity index is 367. The number of aromatic nitrogens is 2. The second kappa shape index (κ2) is 4.74. The van der Waals surface area contributed by atoms with Gasteiger partial charge in [-0.15, -0.1) is 10.2 Å². The fourth-order valence-electron chi connectivity index (χ4n) is 2.09. The maximum Gasteiger partial charge on any atom is 0.230 e. The zero-order valence-corrected chi connectivity index (χ0v) is 9.77. The summed E-state index contributed by atoms with van der Waals surface area (Å²) in [5.41, 5.74) is 0. The molecule has 1 aliphatic rings. The molecule has 1 fully saturated rings. The third-order valence-electron chi connectivity index (χ3n) is 3.09. The summed E-state index contributed by atoms with van der Waals surface area (Å²) in [5.74, 6) is 1.83. The molecule has 0 amide bonds. The normalized spacial score (nSPS) is 18.9. The fraction of sp³-hybridized carbons (Fsp3) is 0.727. The molecule has 1 saturated heterocycles. The molecular formula is C11H17N3O2. The molecular weight excluding hydrogens is 206 g/mol. The first-order chi connectivity index (χ1) is 7.65. The molecule has 1 aliphatic heterocycles. The van der Waals surface area contributed by atoms with Crippen LogP contribution in [0.15, 0.2) is 4.42 Å². The number of rotatable bonds is 3. The van der Waals surface area contributed by atoms with E-state index in [0.29, 0.717) is 24.1 Å². The van der Waals surface area contributed by atoms with Gasteiger partial charge in [0.15, 0.2) is 0 Å². The summed E-state index contributed by atoms with van der Waals surface area (Å²) >= 11 is 0. The summed E-state index contributed by atoms with van der Waals surface area (Å²) in [6.45, 7) is 6.04. The minimum Gasteiger partial charge on any atom is -0.424 e. The molecule has 0 unspecified atom stereocenters. The van der Waals surface area contributed by atoms with Crippen molar-refractivity contribution in [3.8, 4) is 0 Å². The van der Waals surface area contributed by atoms with Gasteiger partial charge in [0.1, 0.15) is 5.78 Å². The van der Waals surface area contributed by atoms with Crippen molar-refractivity contribution < 1.29 is 9.21 Å². The first-order valence-electron chi connectivity index (χ1n) is 5.67. The van der Waals surface area contributed by atoms with Gasteiger partial charge >= 0.3 is 0 Å². The van der Waals surface area contributed by atoms with Crippen molar-refractivity contribution in [2.45, 2.75) is 33.2 Å². The number of hydrogen-bond donors (Lipinski definition) is 0. The van der Waals surface area contributed by atoms with Crippen molar-refractivity contribution in [1.29, 1.82) is 0 Å². The number of hydrogen-bond acceptors (Lipinski definition) is 5. The van der Waals surface area contributed by atoms with Gasteiger partial charge in [-0.25, -0.2) is 0 Å². The van der Waals surface area contributed by atoms with Crippen molar-refractivity contribution >= 4 is 5.78 Å². The van der Waals surface area contributed by atoms with Crippen LogP contribution in [0, 0.1) is 12.8 Å². The fourth-order valence-corrected chi connectivity index (χ4v) is 2.09. The van der Waals surface area contributed by atoms with Gasteiger partial charge in [-0.2, -0.15) is 0 Å². The highest BCUT2D eigenvalue weighted by Crippen LogP contribution is 2.19. The predicted molar refractivity (Wildman–Crippen MR) is 57.7 cm³/mol. The van der Waals surface area contributed by atoms with Crippen LogP contribution in [0.1, 0.15) is 31.5 Å². The largest absolute Gasteiger partial charge is 0.424 e. The number of carbonyl (C=O) groups excluding carboxylic acids is 1. The van der Waals surface area contributed by atoms with Crippen LogP contribution in [0.25, 0.3) is 0 Å². The molecule has 0 saturated carbocycles. The number of piperidine rings is 1. The number of ketones is 1. The van der Waals surface area contributed by atoms with Gasteiger partial charge in [-0.3, -0.25) is 9.69 Å². The first kappa shape index (κ1) is 11.3. The van der Waals surface area contributed by atoms with E-state index in [9.17, 15) is 4.79 Å². The van der Waals surface area contributed by atoms with Crippen LogP contribution < -0.4 is 0 Å². The second-order valence-corrected chi connectivity index (χ2v) is 4.38. The number of carbonyl (C=O) groups is 1. The van der Waals surface area contributed by atoms with E-state index >= 15 is 0 Å². The average Bonchev–Trinajstić information content (AvgIpc) is 2.65. The lowest BCUT2D eigenvalue weighted by Crippen LogP contribution is -2.35. The Morgan fingerprint density at radius 3 is 2.62 bits per heavy atom. The maximum atomic E-state index is 11.2. The van der Waals surface area contributed by atoms with Crippen LogP contribution in [0.2, 0.25) is 0 Å². The lowest BCUT2D eigenvalue weighted by molar-refractivity contribution is -0.122. The monoisotopic (exact) mass is 223 g/mol. The van der Waals surface area contributed by atoms with E-state index in [-0.39, 0.29) is 5.92 Å². The van der Waals surface area contributed by atoms with Crippen LogP contribution in [0.5, 0.6) is 0 Å². The molecule has 0 aromatic carbocycles. The van der Waals surface area contributed by atoms with E-state index in [2.05, 4.69) is 15.1 Å². The molecule has 5 heteroatoms. The quantitative estimate of drug-likeness (QED) is 0.770. The zero-order chi connectivity index (χ0) is 11.5. The standard InChI is InChI=1S/C11H17N3O2/c1-8(15)10-3-5-14(6-4-10)7-11-13-12-9(2)16-11/h10H,3-7H2,1-2H3. The van der Waals surface area contributed by atoms with Crippen molar-refractivity contribution in [2.24, 2.45) is 5.92 Å². The van der Waals surface area contributed by atoms with Crippen molar-refractivity contribution in [3.63, 3.8) is 0 Å². The van der Waals surface area contributed by atoms with Gasteiger partial charge in [0.2, 0.25) is 11.8 Å². The third-order valence-corrected chi connectivity index (χ3v) is 3.09. The molecule has 0 aliphatic carbocycles. The van der Waals surface area contributed by atoms with Gasteiger partial charge in [0.25, 0.3) is 0 Å². The molecule has 0 bridgehead atoms. The SMILES string of the molecule is CC(=O)C1CCN(Cc2nnc(C)o2)CC1.